The van der Waals surface area contributed by atoms with Crippen molar-refractivity contribution < 1.29 is 28.6 Å². The fourth-order valence-electron chi connectivity index (χ4n) is 8.30. The minimum absolute atomic E-state index is 0.0194. The highest BCUT2D eigenvalue weighted by Gasteiger charge is 2.83. The molecule has 1 saturated heterocycles. The molecule has 6 heteroatoms. The third-order valence-corrected chi connectivity index (χ3v) is 9.55. The molecule has 1 spiro atoms. The van der Waals surface area contributed by atoms with E-state index in [1.54, 1.807) is 0 Å². The summed E-state index contributed by atoms with van der Waals surface area (Å²) in [7, 11) is 1.43. The molecule has 1 heterocycles. The molecule has 0 bridgehead atoms. The first-order chi connectivity index (χ1) is 13.7. The van der Waals surface area contributed by atoms with Gasteiger partial charge in [-0.15, -0.1) is 0 Å². The van der Waals surface area contributed by atoms with Crippen LogP contribution in [-0.2, 0) is 28.6 Å². The van der Waals surface area contributed by atoms with Crippen molar-refractivity contribution in [2.45, 2.75) is 83.5 Å². The summed E-state index contributed by atoms with van der Waals surface area (Å²) in [5.74, 6) is 0.184. The molecule has 4 aliphatic carbocycles. The van der Waals surface area contributed by atoms with E-state index in [1.807, 2.05) is 0 Å². The molecule has 1 aliphatic heterocycles. The Labute approximate surface area is 172 Å². The normalized spacial score (nSPS) is 52.5. The molecule has 0 amide bonds. The number of ether oxygens (including phenoxy) is 3. The van der Waals surface area contributed by atoms with Gasteiger partial charge in [0.15, 0.2) is 0 Å². The highest BCUT2D eigenvalue weighted by molar-refractivity contribution is 5.87. The van der Waals surface area contributed by atoms with Crippen LogP contribution in [0.15, 0.2) is 0 Å². The molecule has 5 rings (SSSR count). The smallest absolute Gasteiger partial charge is 0.309 e. The zero-order valence-electron chi connectivity index (χ0n) is 17.9. The summed E-state index contributed by atoms with van der Waals surface area (Å²) in [4.78, 5) is 37.5. The molecule has 29 heavy (non-hydrogen) atoms. The average Bonchev–Trinajstić information content (AvgIpc) is 3.32. The number of esters is 2. The van der Waals surface area contributed by atoms with Crippen molar-refractivity contribution in [1.29, 1.82) is 0 Å². The van der Waals surface area contributed by atoms with Crippen LogP contribution in [-0.4, -0.2) is 42.6 Å². The maximum Gasteiger partial charge on any atom is 0.309 e. The highest BCUT2D eigenvalue weighted by Crippen LogP contribution is 2.75. The molecule has 9 atom stereocenters. The van der Waals surface area contributed by atoms with Crippen LogP contribution in [0.25, 0.3) is 0 Å². The summed E-state index contributed by atoms with van der Waals surface area (Å²) < 4.78 is 17.0. The summed E-state index contributed by atoms with van der Waals surface area (Å²) in [6.45, 7) is 5.83. The van der Waals surface area contributed by atoms with Crippen molar-refractivity contribution in [1.82, 2.24) is 0 Å². The SMILES string of the molecule is COC(=O)[C@H]1C[C@@H]2O[C@@]23[C@@H]2CC[C@H]4C[C@@H](OC(C)=O)CC[C@]4(C)[C@H]2C(=O)C[C@]13C. The van der Waals surface area contributed by atoms with Gasteiger partial charge in [0.05, 0.1) is 19.1 Å². The number of fused-ring (bicyclic) bond motifs is 3. The summed E-state index contributed by atoms with van der Waals surface area (Å²) in [5, 5.41) is 0. The van der Waals surface area contributed by atoms with E-state index in [0.29, 0.717) is 24.5 Å². The molecule has 0 radical (unpaired) electrons. The molecule has 0 aromatic rings. The van der Waals surface area contributed by atoms with Gasteiger partial charge < -0.3 is 14.2 Å². The number of Topliss-reactive ketones (excluding diaryl/α,β-unsaturated/α-hetero) is 1. The van der Waals surface area contributed by atoms with Crippen LogP contribution in [0, 0.1) is 34.5 Å². The van der Waals surface area contributed by atoms with Gasteiger partial charge in [-0.25, -0.2) is 0 Å². The van der Waals surface area contributed by atoms with E-state index < -0.39 is 5.41 Å². The first kappa shape index (κ1) is 19.5. The fourth-order valence-corrected chi connectivity index (χ4v) is 8.30. The Morgan fingerprint density at radius 2 is 1.90 bits per heavy atom. The Morgan fingerprint density at radius 3 is 2.59 bits per heavy atom. The standard InChI is InChI=1S/C23H32O6/c1-12(24)28-14-7-8-21(2)13(9-14)5-6-15-19(21)17(25)11-22(3)16(20(26)27-4)10-18-23(15,22)29-18/h13-16,18-19H,5-11H2,1-4H3/t13-,14-,15+,16+,18-,19+,21-,22+,23-/m0/s1. The molecule has 160 valence electrons. The Morgan fingerprint density at radius 1 is 1.14 bits per heavy atom. The van der Waals surface area contributed by atoms with E-state index >= 15 is 0 Å². The Balaban J connectivity index is 1.46. The zero-order valence-corrected chi connectivity index (χ0v) is 17.9. The molecule has 4 saturated carbocycles. The molecule has 5 fully saturated rings. The number of hydrogen-bond donors (Lipinski definition) is 0. The lowest BCUT2D eigenvalue weighted by Gasteiger charge is -2.59. The molecule has 6 nitrogen and oxygen atoms in total. The first-order valence-corrected chi connectivity index (χ1v) is 11.1. The quantitative estimate of drug-likeness (QED) is 0.520. The molecule has 0 aromatic heterocycles. The van der Waals surface area contributed by atoms with Crippen LogP contribution in [0.2, 0.25) is 0 Å². The summed E-state index contributed by atoms with van der Waals surface area (Å²) in [6.07, 6.45) is 5.69. The third kappa shape index (κ3) is 2.35. The van der Waals surface area contributed by atoms with Gasteiger partial charge in [0.1, 0.15) is 17.5 Å². The van der Waals surface area contributed by atoms with Crippen LogP contribution in [0.4, 0.5) is 0 Å². The number of epoxide rings is 1. The Kier molecular flexibility index (Phi) is 4.08. The Hall–Kier alpha value is -1.43. The third-order valence-electron chi connectivity index (χ3n) is 9.55. The average molecular weight is 405 g/mol. The molecule has 5 aliphatic rings. The predicted molar refractivity (Wildman–Crippen MR) is 103 cm³/mol. The minimum Gasteiger partial charge on any atom is -0.469 e. The molecule has 0 aromatic carbocycles. The van der Waals surface area contributed by atoms with E-state index in [0.717, 1.165) is 32.1 Å². The number of carbonyl (C=O) groups excluding carboxylic acids is 3. The zero-order chi connectivity index (χ0) is 20.8. The van der Waals surface area contributed by atoms with Gasteiger partial charge in [-0.1, -0.05) is 13.8 Å². The lowest BCUT2D eigenvalue weighted by Crippen LogP contribution is -2.62. The molecular weight excluding hydrogens is 372 g/mol. The largest absolute Gasteiger partial charge is 0.469 e. The first-order valence-electron chi connectivity index (χ1n) is 11.1. The van der Waals surface area contributed by atoms with Crippen LogP contribution in [0.1, 0.15) is 65.7 Å². The van der Waals surface area contributed by atoms with E-state index in [-0.39, 0.29) is 52.9 Å². The van der Waals surface area contributed by atoms with Crippen molar-refractivity contribution >= 4 is 17.7 Å². The number of ketones is 1. The Bertz CT molecular complexity index is 777. The molecule has 0 N–H and O–H groups in total. The van der Waals surface area contributed by atoms with Gasteiger partial charge in [0, 0.05) is 30.6 Å². The number of rotatable bonds is 2. The van der Waals surface area contributed by atoms with Crippen LogP contribution < -0.4 is 0 Å². The van der Waals surface area contributed by atoms with Crippen LogP contribution >= 0.6 is 0 Å². The van der Waals surface area contributed by atoms with Gasteiger partial charge in [-0.2, -0.15) is 0 Å². The molecular formula is C23H32O6. The summed E-state index contributed by atoms with van der Waals surface area (Å²) in [5.41, 5.74) is -0.876. The van der Waals surface area contributed by atoms with Crippen molar-refractivity contribution in [3.05, 3.63) is 0 Å². The van der Waals surface area contributed by atoms with E-state index in [4.69, 9.17) is 14.2 Å². The summed E-state index contributed by atoms with van der Waals surface area (Å²) in [6, 6.07) is 0. The number of methoxy groups -OCH3 is 1. The number of hydrogen-bond acceptors (Lipinski definition) is 6. The van der Waals surface area contributed by atoms with Crippen molar-refractivity contribution in [2.75, 3.05) is 7.11 Å². The minimum atomic E-state index is -0.457. The number of carbonyl (C=O) groups is 3. The van der Waals surface area contributed by atoms with Gasteiger partial charge in [-0.3, -0.25) is 14.4 Å². The van der Waals surface area contributed by atoms with Gasteiger partial charge in [0.2, 0.25) is 0 Å². The van der Waals surface area contributed by atoms with E-state index in [2.05, 4.69) is 13.8 Å². The second-order valence-corrected chi connectivity index (χ2v) is 10.6. The van der Waals surface area contributed by atoms with Crippen molar-refractivity contribution in [3.8, 4) is 0 Å². The fraction of sp³-hybridized carbons (Fsp3) is 0.870. The van der Waals surface area contributed by atoms with Gasteiger partial charge >= 0.3 is 11.9 Å². The maximum absolute atomic E-state index is 13.6. The monoisotopic (exact) mass is 404 g/mol. The van der Waals surface area contributed by atoms with Crippen LogP contribution in [0.3, 0.4) is 0 Å². The van der Waals surface area contributed by atoms with Crippen molar-refractivity contribution in [3.63, 3.8) is 0 Å². The predicted octanol–water partition coefficient (Wildman–Crippen LogP) is 3.06. The second-order valence-electron chi connectivity index (χ2n) is 10.6. The van der Waals surface area contributed by atoms with Crippen molar-refractivity contribution in [2.24, 2.45) is 34.5 Å². The second kappa shape index (κ2) is 6.05. The summed E-state index contributed by atoms with van der Waals surface area (Å²) >= 11 is 0. The lowest BCUT2D eigenvalue weighted by atomic mass is 9.44. The van der Waals surface area contributed by atoms with Gasteiger partial charge in [-0.05, 0) is 49.9 Å². The maximum atomic E-state index is 13.6. The highest BCUT2D eigenvalue weighted by atomic mass is 16.6. The topological polar surface area (TPSA) is 82.2 Å². The lowest BCUT2D eigenvalue weighted by molar-refractivity contribution is -0.179. The van der Waals surface area contributed by atoms with Crippen LogP contribution in [0.5, 0.6) is 0 Å². The van der Waals surface area contributed by atoms with E-state index in [1.165, 1.54) is 14.0 Å². The van der Waals surface area contributed by atoms with E-state index in [9.17, 15) is 14.4 Å². The van der Waals surface area contributed by atoms with Gasteiger partial charge in [0.25, 0.3) is 0 Å². The molecule has 0 unspecified atom stereocenters.